The standard InChI is InChI=1S/C20H22BrFN8O4.C20H25BrFN7O3.Na.H2O/c21-13-10-12(5-6-14(13)22)30-18(29-33-20(30)32)16-17(28-34-27-16)24-7-2-8-25-19(23)26-15(31)9-11-3-1-4-11;21-14-9-13(5-6-15(14)22)10-16(27-31)18-19(29-32-28-18)24-7-2-8-25-20(23)26-17(30)11-12-3-1-4-12;;/h5-6,10-11H,1-4,7-9H2,(H,24,28)(H3,23,25,26,31);5-6,9,12,31H,1-4,7-8,10-11H2,(H,24,29)(H3,23,25,26,30);;1H2/q;;+1;/p-1/b;27-16+;;. The van der Waals surface area contributed by atoms with E-state index < -0.39 is 11.6 Å². The topological polar surface area (TPSA) is 347 Å². The van der Waals surface area contributed by atoms with Crippen molar-refractivity contribution in [3.8, 4) is 17.2 Å². The molecule has 0 radical (unpaired) electrons. The van der Waals surface area contributed by atoms with E-state index in [1.807, 2.05) is 0 Å². The van der Waals surface area contributed by atoms with Crippen molar-refractivity contribution < 1.29 is 72.4 Å². The number of rotatable bonds is 19. The summed E-state index contributed by atoms with van der Waals surface area (Å²) in [4.78, 5) is 44.2. The molecule has 23 nitrogen and oxygen atoms in total. The van der Waals surface area contributed by atoms with Gasteiger partial charge in [0.15, 0.2) is 29.1 Å². The van der Waals surface area contributed by atoms with Crippen LogP contribution in [0.25, 0.3) is 17.2 Å². The molecule has 68 heavy (non-hydrogen) atoms. The molecule has 360 valence electrons. The van der Waals surface area contributed by atoms with Gasteiger partial charge in [-0.2, -0.15) is 0 Å². The number of nitrogens with two attached hydrogens (primary N) is 2. The molecular weight excluding hydrogens is 1040 g/mol. The maximum Gasteiger partial charge on any atom is 1.00 e. The van der Waals surface area contributed by atoms with Crippen LogP contribution in [-0.4, -0.2) is 96.7 Å². The van der Waals surface area contributed by atoms with Crippen molar-refractivity contribution in [3.05, 3.63) is 78.8 Å². The van der Waals surface area contributed by atoms with E-state index in [0.29, 0.717) is 85.2 Å². The summed E-state index contributed by atoms with van der Waals surface area (Å²) in [6.07, 6.45) is 9.04. The van der Waals surface area contributed by atoms with E-state index in [9.17, 15) is 28.4 Å². The van der Waals surface area contributed by atoms with Crippen LogP contribution in [0.3, 0.4) is 0 Å². The maximum atomic E-state index is 13.6. The van der Waals surface area contributed by atoms with Crippen LogP contribution < -0.4 is 68.0 Å². The fourth-order valence-electron chi connectivity index (χ4n) is 6.56. The molecule has 0 aliphatic heterocycles. The first kappa shape index (κ1) is 55.0. The average Bonchev–Trinajstić information content (AvgIpc) is 4.02. The number of hydrogen-bond acceptors (Lipinski definition) is 18. The Labute approximate surface area is 425 Å². The van der Waals surface area contributed by atoms with Gasteiger partial charge in [-0.3, -0.25) is 34.7 Å². The van der Waals surface area contributed by atoms with Crippen molar-refractivity contribution in [1.29, 1.82) is 0 Å². The molecule has 7 rings (SSSR count). The van der Waals surface area contributed by atoms with Gasteiger partial charge in [-0.25, -0.2) is 27.4 Å². The normalized spacial score (nSPS) is 14.0. The minimum Gasteiger partial charge on any atom is -0.870 e. The first-order chi connectivity index (χ1) is 31.9. The molecule has 2 aliphatic carbocycles. The Balaban J connectivity index is 0.000000289. The number of guanidine groups is 2. The van der Waals surface area contributed by atoms with Gasteiger partial charge in [0.25, 0.3) is 0 Å². The van der Waals surface area contributed by atoms with E-state index in [0.717, 1.165) is 30.3 Å². The number of anilines is 2. The third kappa shape index (κ3) is 16.0. The van der Waals surface area contributed by atoms with Gasteiger partial charge < -0.3 is 32.8 Å². The van der Waals surface area contributed by atoms with Crippen LogP contribution in [0, 0.1) is 23.5 Å². The number of benzene rings is 2. The Kier molecular flexibility index (Phi) is 22.2. The van der Waals surface area contributed by atoms with Crippen LogP contribution in [0.2, 0.25) is 0 Å². The Morgan fingerprint density at radius 3 is 1.88 bits per heavy atom. The van der Waals surface area contributed by atoms with Crippen LogP contribution in [0.15, 0.2) is 79.1 Å². The molecule has 0 unspecified atom stereocenters. The van der Waals surface area contributed by atoms with Crippen LogP contribution in [0.4, 0.5) is 20.4 Å². The molecule has 0 spiro atoms. The summed E-state index contributed by atoms with van der Waals surface area (Å²) in [6, 6.07) is 8.50. The predicted octanol–water partition coefficient (Wildman–Crippen LogP) is 1.84. The van der Waals surface area contributed by atoms with Gasteiger partial charge >= 0.3 is 35.3 Å². The van der Waals surface area contributed by atoms with E-state index in [-0.39, 0.29) is 104 Å². The predicted molar refractivity (Wildman–Crippen MR) is 245 cm³/mol. The zero-order valence-corrected chi connectivity index (χ0v) is 41.9. The number of carbonyl (C=O) groups is 2. The Morgan fingerprint density at radius 2 is 1.34 bits per heavy atom. The molecule has 3 heterocycles. The number of aliphatic imine (C=N–C) groups is 2. The van der Waals surface area contributed by atoms with Crippen LogP contribution in [0.1, 0.15) is 75.5 Å². The average molecular weight is 1090 g/mol. The summed E-state index contributed by atoms with van der Waals surface area (Å²) in [7, 11) is 0. The maximum absolute atomic E-state index is 13.6. The van der Waals surface area contributed by atoms with Gasteiger partial charge in [0, 0.05) is 45.4 Å². The summed E-state index contributed by atoms with van der Waals surface area (Å²) in [5, 5.41) is 43.0. The molecule has 2 amide bonds. The number of carbonyl (C=O) groups excluding carboxylic acids is 2. The third-order valence-electron chi connectivity index (χ3n) is 10.5. The molecular formula is C40H48Br2F2N15NaO8. The molecule has 3 aromatic heterocycles. The second-order valence-electron chi connectivity index (χ2n) is 15.3. The number of oxime groups is 1. The van der Waals surface area contributed by atoms with Crippen molar-refractivity contribution in [1.82, 2.24) is 41.0 Å². The molecule has 5 aromatic rings. The summed E-state index contributed by atoms with van der Waals surface area (Å²) in [6.45, 7) is 1.64. The Bertz CT molecular complexity index is 2600. The van der Waals surface area contributed by atoms with Crippen molar-refractivity contribution in [2.75, 3.05) is 36.8 Å². The molecule has 2 aliphatic rings. The smallest absolute Gasteiger partial charge is 0.870 e. The number of halogens is 4. The summed E-state index contributed by atoms with van der Waals surface area (Å²) >= 11 is 6.22. The number of aromatic nitrogens is 6. The largest absolute Gasteiger partial charge is 1.00 e. The second kappa shape index (κ2) is 27.4. The van der Waals surface area contributed by atoms with Crippen molar-refractivity contribution >= 4 is 72.9 Å². The molecule has 10 N–H and O–H groups in total. The zero-order chi connectivity index (χ0) is 47.0. The van der Waals surface area contributed by atoms with Crippen LogP contribution >= 0.6 is 31.9 Å². The fourth-order valence-corrected chi connectivity index (χ4v) is 7.35. The molecule has 28 heteroatoms. The van der Waals surface area contributed by atoms with Crippen molar-refractivity contribution in [3.63, 3.8) is 0 Å². The van der Waals surface area contributed by atoms with E-state index in [2.05, 4.69) is 94.1 Å². The molecule has 2 fully saturated rings. The summed E-state index contributed by atoms with van der Waals surface area (Å²) in [5.74, 6) is -0.185. The first-order valence-electron chi connectivity index (χ1n) is 20.9. The Hall–Kier alpha value is -5.61. The number of hydrogen-bond donors (Lipinski definition) is 7. The number of amides is 2. The third-order valence-corrected chi connectivity index (χ3v) is 11.7. The first-order valence-corrected chi connectivity index (χ1v) is 22.5. The number of nitrogens with zero attached hydrogens (tertiary/aromatic N) is 9. The van der Waals surface area contributed by atoms with Gasteiger partial charge in [-0.1, -0.05) is 29.2 Å². The SMILES string of the molecule is NC(=NCCCNc1nonc1-c1noc(=O)n1-c1ccc(F)c(Br)c1)NC(=O)CC1CCC1.NC(=NCCCNc1nonc1/C(Cc1ccc(F)c(Br)c1)=N/O)NC(=O)CC1CCC1.[Na+].[OH-]. The molecule has 0 atom stereocenters. The van der Waals surface area contributed by atoms with Gasteiger partial charge in [0.2, 0.25) is 23.5 Å². The van der Waals surface area contributed by atoms with Gasteiger partial charge in [0.05, 0.1) is 14.6 Å². The van der Waals surface area contributed by atoms with Crippen molar-refractivity contribution in [2.24, 2.45) is 38.4 Å². The van der Waals surface area contributed by atoms with Crippen LogP contribution in [0.5, 0.6) is 0 Å². The fraction of sp³-hybridized carbons (Fsp3) is 0.425. The molecule has 2 saturated carbocycles. The zero-order valence-electron chi connectivity index (χ0n) is 36.8. The van der Waals surface area contributed by atoms with Gasteiger partial charge in [-0.05, 0) is 139 Å². The minimum atomic E-state index is -0.786. The number of nitrogens with one attached hydrogen (secondary N) is 4. The molecule has 0 bridgehead atoms. The van der Waals surface area contributed by atoms with Crippen molar-refractivity contribution in [2.45, 2.75) is 70.6 Å². The quantitative estimate of drug-likeness (QED) is 0.0155. The van der Waals surface area contributed by atoms with Gasteiger partial charge in [-0.15, -0.1) is 0 Å². The van der Waals surface area contributed by atoms with Gasteiger partial charge in [0.1, 0.15) is 17.3 Å². The van der Waals surface area contributed by atoms with E-state index in [4.69, 9.17) is 25.2 Å². The van der Waals surface area contributed by atoms with Crippen LogP contribution in [-0.2, 0) is 16.0 Å². The second-order valence-corrected chi connectivity index (χ2v) is 17.0. The molecule has 2 aromatic carbocycles. The summed E-state index contributed by atoms with van der Waals surface area (Å²) < 4.78 is 43.0. The monoisotopic (exact) mass is 1090 g/mol. The van der Waals surface area contributed by atoms with E-state index in [1.165, 1.54) is 37.1 Å². The van der Waals surface area contributed by atoms with E-state index >= 15 is 0 Å². The summed E-state index contributed by atoms with van der Waals surface area (Å²) in [5.41, 5.74) is 13.1. The van der Waals surface area contributed by atoms with E-state index in [1.54, 1.807) is 12.1 Å². The Morgan fingerprint density at radius 1 is 0.794 bits per heavy atom. The minimum absolute atomic E-state index is 0. The molecule has 0 saturated heterocycles.